The summed E-state index contributed by atoms with van der Waals surface area (Å²) in [5.41, 5.74) is 1.23. The molecule has 0 saturated heterocycles. The normalized spacial score (nSPS) is 38.0. The van der Waals surface area contributed by atoms with Gasteiger partial charge in [-0.3, -0.25) is 4.68 Å². The molecule has 116 valence electrons. The SMILES string of the molecule is CCNC(c1c(Cl)cnn1C(C)C)C1C2C3CCC(C3)C21. The Morgan fingerprint density at radius 2 is 2.00 bits per heavy atom. The molecule has 21 heavy (non-hydrogen) atoms. The molecular formula is C17H26ClN3. The first-order valence-electron chi connectivity index (χ1n) is 8.59. The Hall–Kier alpha value is -0.540. The van der Waals surface area contributed by atoms with Crippen molar-refractivity contribution in [3.63, 3.8) is 0 Å². The summed E-state index contributed by atoms with van der Waals surface area (Å²) in [6, 6.07) is 0.759. The minimum absolute atomic E-state index is 0.365. The summed E-state index contributed by atoms with van der Waals surface area (Å²) in [6.45, 7) is 7.57. The van der Waals surface area contributed by atoms with Gasteiger partial charge < -0.3 is 5.32 Å². The highest BCUT2D eigenvalue weighted by Gasteiger charge is 2.67. The van der Waals surface area contributed by atoms with Gasteiger partial charge in [0.05, 0.1) is 23.0 Å². The Balaban J connectivity index is 1.66. The standard InChI is InChI=1S/C17H26ClN3/c1-4-19-16(17-12(18)8-20-21(17)9(2)3)15-13-10-5-6-11(7-10)14(13)15/h8-11,13-16,19H,4-7H2,1-3H3. The third kappa shape index (κ3) is 2.00. The van der Waals surface area contributed by atoms with Crippen LogP contribution in [0.15, 0.2) is 6.20 Å². The van der Waals surface area contributed by atoms with E-state index in [1.165, 1.54) is 25.0 Å². The van der Waals surface area contributed by atoms with E-state index in [4.69, 9.17) is 11.6 Å². The summed E-state index contributed by atoms with van der Waals surface area (Å²) >= 11 is 6.51. The van der Waals surface area contributed by atoms with Crippen LogP contribution < -0.4 is 5.32 Å². The van der Waals surface area contributed by atoms with Gasteiger partial charge in [0, 0.05) is 6.04 Å². The first kappa shape index (κ1) is 14.1. The van der Waals surface area contributed by atoms with Gasteiger partial charge in [-0.2, -0.15) is 5.10 Å². The first-order chi connectivity index (χ1) is 10.1. The summed E-state index contributed by atoms with van der Waals surface area (Å²) in [6.07, 6.45) is 6.27. The van der Waals surface area contributed by atoms with E-state index in [0.29, 0.717) is 12.1 Å². The minimum Gasteiger partial charge on any atom is -0.309 e. The average Bonchev–Trinajstić information content (AvgIpc) is 2.78. The maximum Gasteiger partial charge on any atom is 0.0834 e. The van der Waals surface area contributed by atoms with Gasteiger partial charge in [-0.05, 0) is 69.2 Å². The maximum absolute atomic E-state index is 6.51. The molecule has 5 unspecified atom stereocenters. The molecule has 1 N–H and O–H groups in total. The number of fused-ring (bicyclic) bond motifs is 5. The maximum atomic E-state index is 6.51. The van der Waals surface area contributed by atoms with Crippen LogP contribution in [-0.2, 0) is 0 Å². The lowest BCUT2D eigenvalue weighted by molar-refractivity contribution is 0.350. The molecule has 5 atom stereocenters. The number of rotatable bonds is 5. The van der Waals surface area contributed by atoms with Crippen molar-refractivity contribution < 1.29 is 0 Å². The van der Waals surface area contributed by atoms with Crippen LogP contribution in [0, 0.1) is 29.6 Å². The molecule has 3 fully saturated rings. The number of hydrogen-bond donors (Lipinski definition) is 1. The van der Waals surface area contributed by atoms with Crippen molar-refractivity contribution in [2.45, 2.75) is 52.1 Å². The molecule has 3 saturated carbocycles. The molecule has 0 radical (unpaired) electrons. The molecule has 0 spiro atoms. The summed E-state index contributed by atoms with van der Waals surface area (Å²) in [5.74, 6) is 4.71. The first-order valence-corrected chi connectivity index (χ1v) is 8.97. The van der Waals surface area contributed by atoms with E-state index in [9.17, 15) is 0 Å². The molecule has 4 heteroatoms. The van der Waals surface area contributed by atoms with E-state index < -0.39 is 0 Å². The summed E-state index contributed by atoms with van der Waals surface area (Å²) < 4.78 is 2.13. The van der Waals surface area contributed by atoms with Crippen molar-refractivity contribution in [2.75, 3.05) is 6.54 Å². The van der Waals surface area contributed by atoms with Crippen molar-refractivity contribution in [1.82, 2.24) is 15.1 Å². The van der Waals surface area contributed by atoms with Crippen LogP contribution in [0.3, 0.4) is 0 Å². The molecule has 1 aromatic rings. The second-order valence-corrected chi connectivity index (χ2v) is 7.92. The fourth-order valence-corrected chi connectivity index (χ4v) is 5.77. The van der Waals surface area contributed by atoms with E-state index in [1.54, 1.807) is 0 Å². The fourth-order valence-electron chi connectivity index (χ4n) is 5.53. The van der Waals surface area contributed by atoms with Crippen LogP contribution in [-0.4, -0.2) is 16.3 Å². The minimum atomic E-state index is 0.365. The van der Waals surface area contributed by atoms with Crippen LogP contribution in [0.25, 0.3) is 0 Å². The smallest absolute Gasteiger partial charge is 0.0834 e. The Morgan fingerprint density at radius 3 is 2.57 bits per heavy atom. The van der Waals surface area contributed by atoms with Gasteiger partial charge >= 0.3 is 0 Å². The van der Waals surface area contributed by atoms with Crippen molar-refractivity contribution in [3.8, 4) is 0 Å². The van der Waals surface area contributed by atoms with Gasteiger partial charge in [0.1, 0.15) is 0 Å². The topological polar surface area (TPSA) is 29.9 Å². The van der Waals surface area contributed by atoms with Gasteiger partial charge in [-0.15, -0.1) is 0 Å². The monoisotopic (exact) mass is 307 g/mol. The number of hydrogen-bond acceptors (Lipinski definition) is 2. The highest BCUT2D eigenvalue weighted by Crippen LogP contribution is 2.72. The van der Waals surface area contributed by atoms with Crippen molar-refractivity contribution in [1.29, 1.82) is 0 Å². The van der Waals surface area contributed by atoms with Gasteiger partial charge in [-0.25, -0.2) is 0 Å². The predicted octanol–water partition coefficient (Wildman–Crippen LogP) is 4.06. The lowest BCUT2D eigenvalue weighted by atomic mass is 9.95. The van der Waals surface area contributed by atoms with Gasteiger partial charge in [0.25, 0.3) is 0 Å². The van der Waals surface area contributed by atoms with E-state index in [1.807, 2.05) is 6.20 Å². The third-order valence-electron chi connectivity index (χ3n) is 6.17. The van der Waals surface area contributed by atoms with Gasteiger partial charge in [-0.1, -0.05) is 18.5 Å². The molecule has 1 aromatic heterocycles. The molecular weight excluding hydrogens is 282 g/mol. The fraction of sp³-hybridized carbons (Fsp3) is 0.824. The van der Waals surface area contributed by atoms with Crippen LogP contribution in [0.1, 0.15) is 57.8 Å². The molecule has 2 bridgehead atoms. The molecule has 4 rings (SSSR count). The summed E-state index contributed by atoms with van der Waals surface area (Å²) in [4.78, 5) is 0. The zero-order valence-electron chi connectivity index (χ0n) is 13.2. The number of nitrogens with zero attached hydrogens (tertiary/aromatic N) is 2. The van der Waals surface area contributed by atoms with Crippen molar-refractivity contribution in [2.24, 2.45) is 29.6 Å². The summed E-state index contributed by atoms with van der Waals surface area (Å²) in [7, 11) is 0. The molecule has 3 aliphatic carbocycles. The van der Waals surface area contributed by atoms with Crippen molar-refractivity contribution >= 4 is 11.6 Å². The Bertz CT molecular complexity index is 522. The van der Waals surface area contributed by atoms with E-state index in [2.05, 4.69) is 35.9 Å². The van der Waals surface area contributed by atoms with Crippen LogP contribution in [0.2, 0.25) is 5.02 Å². The lowest BCUT2D eigenvalue weighted by Crippen LogP contribution is -2.28. The molecule has 0 aromatic carbocycles. The molecule has 3 nitrogen and oxygen atoms in total. The second-order valence-electron chi connectivity index (χ2n) is 7.52. The largest absolute Gasteiger partial charge is 0.309 e. The van der Waals surface area contributed by atoms with E-state index in [0.717, 1.165) is 41.2 Å². The highest BCUT2D eigenvalue weighted by atomic mass is 35.5. The number of nitrogens with one attached hydrogen (secondary N) is 1. The average molecular weight is 308 g/mol. The zero-order chi connectivity index (χ0) is 14.7. The third-order valence-corrected chi connectivity index (χ3v) is 6.47. The summed E-state index contributed by atoms with van der Waals surface area (Å²) in [5, 5.41) is 9.10. The lowest BCUT2D eigenvalue weighted by Gasteiger charge is -2.24. The van der Waals surface area contributed by atoms with Crippen LogP contribution in [0.4, 0.5) is 0 Å². The molecule has 3 aliphatic rings. The van der Waals surface area contributed by atoms with Gasteiger partial charge in [0.2, 0.25) is 0 Å². The Labute approximate surface area is 132 Å². The number of aromatic nitrogens is 2. The molecule has 1 heterocycles. The number of halogens is 1. The second kappa shape index (κ2) is 4.99. The van der Waals surface area contributed by atoms with E-state index >= 15 is 0 Å². The van der Waals surface area contributed by atoms with Crippen molar-refractivity contribution in [3.05, 3.63) is 16.9 Å². The van der Waals surface area contributed by atoms with E-state index in [-0.39, 0.29) is 0 Å². The highest BCUT2D eigenvalue weighted by molar-refractivity contribution is 6.31. The molecule has 0 amide bonds. The predicted molar refractivity (Wildman–Crippen MR) is 85.3 cm³/mol. The van der Waals surface area contributed by atoms with Gasteiger partial charge in [0.15, 0.2) is 0 Å². The van der Waals surface area contributed by atoms with Crippen LogP contribution in [0.5, 0.6) is 0 Å². The zero-order valence-corrected chi connectivity index (χ0v) is 14.0. The Kier molecular flexibility index (Phi) is 3.34. The van der Waals surface area contributed by atoms with Crippen LogP contribution >= 0.6 is 11.6 Å². The molecule has 0 aliphatic heterocycles. The Morgan fingerprint density at radius 1 is 1.33 bits per heavy atom. The quantitative estimate of drug-likeness (QED) is 0.889.